The third kappa shape index (κ3) is 3.23. The summed E-state index contributed by atoms with van der Waals surface area (Å²) in [5.74, 6) is 1.53. The van der Waals surface area contributed by atoms with Gasteiger partial charge in [0.1, 0.15) is 23.7 Å². The van der Waals surface area contributed by atoms with E-state index in [0.29, 0.717) is 10.7 Å². The third-order valence-corrected chi connectivity index (χ3v) is 3.57. The number of aromatic nitrogens is 2. The number of halogens is 1. The molecule has 3 rings (SSSR count). The molecule has 6 heteroatoms. The molecule has 0 unspecified atom stereocenters. The van der Waals surface area contributed by atoms with E-state index in [0.717, 1.165) is 31.1 Å². The van der Waals surface area contributed by atoms with Crippen LogP contribution in [0.2, 0.25) is 5.02 Å². The van der Waals surface area contributed by atoms with E-state index < -0.39 is 0 Å². The van der Waals surface area contributed by atoms with Crippen LogP contribution in [0.15, 0.2) is 36.7 Å². The predicted octanol–water partition coefficient (Wildman–Crippen LogP) is 2.66. The minimum Gasteiger partial charge on any atom is -0.489 e. The van der Waals surface area contributed by atoms with Gasteiger partial charge in [-0.25, -0.2) is 4.98 Å². The molecule has 5 nitrogen and oxygen atoms in total. The summed E-state index contributed by atoms with van der Waals surface area (Å²) in [5, 5.41) is 9.56. The minimum atomic E-state index is 0.0960. The number of rotatable bonds is 3. The molecule has 0 radical (unpaired) electrons. The molecule has 1 saturated heterocycles. The van der Waals surface area contributed by atoms with Gasteiger partial charge in [0.05, 0.1) is 18.9 Å². The first-order chi connectivity index (χ1) is 10.2. The lowest BCUT2D eigenvalue weighted by Crippen LogP contribution is -2.25. The standard InChI is InChI=1S/C15H13ClN4O/c16-11-1-3-13(4-2-11)21-14-5-6-20(10-14)15-9-18-8-12(7-17)19-15/h1-4,8-9,14H,5-6,10H2/t14-/m1/s1. The molecule has 0 bridgehead atoms. The van der Waals surface area contributed by atoms with Crippen molar-refractivity contribution in [3.8, 4) is 11.8 Å². The molecule has 1 aromatic heterocycles. The first kappa shape index (κ1) is 13.7. The van der Waals surface area contributed by atoms with E-state index in [1.807, 2.05) is 30.3 Å². The Morgan fingerprint density at radius 1 is 1.29 bits per heavy atom. The number of hydrogen-bond acceptors (Lipinski definition) is 5. The molecule has 1 aliphatic heterocycles. The highest BCUT2D eigenvalue weighted by Crippen LogP contribution is 2.23. The molecule has 1 aromatic carbocycles. The quantitative estimate of drug-likeness (QED) is 0.872. The van der Waals surface area contributed by atoms with Crippen molar-refractivity contribution in [2.75, 3.05) is 18.0 Å². The van der Waals surface area contributed by atoms with Gasteiger partial charge < -0.3 is 9.64 Å². The Morgan fingerprint density at radius 2 is 2.10 bits per heavy atom. The van der Waals surface area contributed by atoms with Crippen molar-refractivity contribution >= 4 is 17.4 Å². The van der Waals surface area contributed by atoms with Crippen LogP contribution in [0.3, 0.4) is 0 Å². The second kappa shape index (κ2) is 5.98. The normalized spacial score (nSPS) is 17.5. The average Bonchev–Trinajstić information content (AvgIpc) is 2.98. The van der Waals surface area contributed by atoms with E-state index >= 15 is 0 Å². The maximum absolute atomic E-state index is 8.87. The highest BCUT2D eigenvalue weighted by molar-refractivity contribution is 6.30. The van der Waals surface area contributed by atoms with E-state index in [-0.39, 0.29) is 6.10 Å². The fourth-order valence-corrected chi connectivity index (χ4v) is 2.43. The Balaban J connectivity index is 1.65. The molecule has 0 saturated carbocycles. The van der Waals surface area contributed by atoms with Gasteiger partial charge in [-0.2, -0.15) is 5.26 Å². The van der Waals surface area contributed by atoms with Gasteiger partial charge in [-0.1, -0.05) is 11.6 Å². The van der Waals surface area contributed by atoms with E-state index in [2.05, 4.69) is 14.9 Å². The molecule has 106 valence electrons. The van der Waals surface area contributed by atoms with Crippen molar-refractivity contribution in [1.29, 1.82) is 5.26 Å². The summed E-state index contributed by atoms with van der Waals surface area (Å²) in [7, 11) is 0. The van der Waals surface area contributed by atoms with Crippen molar-refractivity contribution in [3.63, 3.8) is 0 Å². The predicted molar refractivity (Wildman–Crippen MR) is 79.4 cm³/mol. The summed E-state index contributed by atoms with van der Waals surface area (Å²) in [6.07, 6.45) is 4.13. The van der Waals surface area contributed by atoms with Crippen LogP contribution in [0.25, 0.3) is 0 Å². The lowest BCUT2D eigenvalue weighted by molar-refractivity contribution is 0.225. The van der Waals surface area contributed by atoms with Gasteiger partial charge in [-0.15, -0.1) is 0 Å². The highest BCUT2D eigenvalue weighted by atomic mass is 35.5. The van der Waals surface area contributed by atoms with Gasteiger partial charge in [0.15, 0.2) is 5.69 Å². The largest absolute Gasteiger partial charge is 0.489 e. The molecule has 1 atom stereocenters. The first-order valence-corrected chi connectivity index (χ1v) is 7.02. The average molecular weight is 301 g/mol. The van der Waals surface area contributed by atoms with Gasteiger partial charge in [-0.3, -0.25) is 4.98 Å². The number of nitrogens with zero attached hydrogens (tertiary/aromatic N) is 4. The molecular formula is C15H13ClN4O. The molecular weight excluding hydrogens is 288 g/mol. The topological polar surface area (TPSA) is 62.0 Å². The first-order valence-electron chi connectivity index (χ1n) is 6.64. The van der Waals surface area contributed by atoms with Gasteiger partial charge in [0, 0.05) is 18.0 Å². The van der Waals surface area contributed by atoms with Crippen LogP contribution in [0.4, 0.5) is 5.82 Å². The van der Waals surface area contributed by atoms with Crippen LogP contribution in [-0.2, 0) is 0 Å². The van der Waals surface area contributed by atoms with Crippen LogP contribution in [0.1, 0.15) is 12.1 Å². The number of anilines is 1. The number of ether oxygens (including phenoxy) is 1. The fraction of sp³-hybridized carbons (Fsp3) is 0.267. The van der Waals surface area contributed by atoms with Crippen LogP contribution < -0.4 is 9.64 Å². The summed E-state index contributed by atoms with van der Waals surface area (Å²) in [5.41, 5.74) is 0.328. The van der Waals surface area contributed by atoms with Gasteiger partial charge >= 0.3 is 0 Å². The van der Waals surface area contributed by atoms with E-state index in [1.54, 1.807) is 6.20 Å². The Labute approximate surface area is 127 Å². The van der Waals surface area contributed by atoms with Gasteiger partial charge in [-0.05, 0) is 24.3 Å². The summed E-state index contributed by atoms with van der Waals surface area (Å²) in [6, 6.07) is 9.35. The zero-order valence-electron chi connectivity index (χ0n) is 11.2. The zero-order valence-corrected chi connectivity index (χ0v) is 12.0. The molecule has 1 fully saturated rings. The Kier molecular flexibility index (Phi) is 3.89. The maximum atomic E-state index is 8.87. The second-order valence-corrected chi connectivity index (χ2v) is 5.24. The zero-order chi connectivity index (χ0) is 14.7. The smallest absolute Gasteiger partial charge is 0.161 e. The number of benzene rings is 1. The molecule has 0 aliphatic carbocycles. The number of nitriles is 1. The van der Waals surface area contributed by atoms with Crippen molar-refractivity contribution in [2.24, 2.45) is 0 Å². The maximum Gasteiger partial charge on any atom is 0.161 e. The molecule has 0 amide bonds. The third-order valence-electron chi connectivity index (χ3n) is 3.32. The van der Waals surface area contributed by atoms with Crippen molar-refractivity contribution in [2.45, 2.75) is 12.5 Å². The second-order valence-electron chi connectivity index (χ2n) is 4.80. The Bertz CT molecular complexity index is 668. The Morgan fingerprint density at radius 3 is 2.86 bits per heavy atom. The Hall–Kier alpha value is -2.32. The molecule has 1 aliphatic rings. The molecule has 21 heavy (non-hydrogen) atoms. The lowest BCUT2D eigenvalue weighted by Gasteiger charge is -2.17. The van der Waals surface area contributed by atoms with Gasteiger partial charge in [0.25, 0.3) is 0 Å². The number of hydrogen-bond donors (Lipinski definition) is 0. The minimum absolute atomic E-state index is 0.0960. The van der Waals surface area contributed by atoms with Crippen molar-refractivity contribution in [1.82, 2.24) is 9.97 Å². The van der Waals surface area contributed by atoms with E-state index in [4.69, 9.17) is 21.6 Å². The van der Waals surface area contributed by atoms with Crippen LogP contribution in [0.5, 0.6) is 5.75 Å². The summed E-state index contributed by atoms with van der Waals surface area (Å²) < 4.78 is 5.93. The fourth-order valence-electron chi connectivity index (χ4n) is 2.30. The monoisotopic (exact) mass is 300 g/mol. The van der Waals surface area contributed by atoms with E-state index in [9.17, 15) is 0 Å². The lowest BCUT2D eigenvalue weighted by atomic mass is 10.3. The van der Waals surface area contributed by atoms with Crippen LogP contribution in [-0.4, -0.2) is 29.2 Å². The van der Waals surface area contributed by atoms with Crippen molar-refractivity contribution in [3.05, 3.63) is 47.4 Å². The molecule has 0 N–H and O–H groups in total. The summed E-state index contributed by atoms with van der Waals surface area (Å²) >= 11 is 5.85. The van der Waals surface area contributed by atoms with Gasteiger partial charge in [0.2, 0.25) is 0 Å². The molecule has 2 heterocycles. The summed E-state index contributed by atoms with van der Waals surface area (Å²) in [6.45, 7) is 1.56. The van der Waals surface area contributed by atoms with Crippen molar-refractivity contribution < 1.29 is 4.74 Å². The highest BCUT2D eigenvalue weighted by Gasteiger charge is 2.25. The van der Waals surface area contributed by atoms with E-state index in [1.165, 1.54) is 6.20 Å². The molecule has 0 spiro atoms. The summed E-state index contributed by atoms with van der Waals surface area (Å²) in [4.78, 5) is 10.4. The van der Waals surface area contributed by atoms with Crippen LogP contribution >= 0.6 is 11.6 Å². The van der Waals surface area contributed by atoms with Crippen LogP contribution in [0, 0.1) is 11.3 Å². The molecule has 2 aromatic rings. The SMILES string of the molecule is N#Cc1cncc(N2CC[C@@H](Oc3ccc(Cl)cc3)C2)n1.